The van der Waals surface area contributed by atoms with Crippen molar-refractivity contribution < 1.29 is 40.8 Å². The van der Waals surface area contributed by atoms with E-state index >= 15 is 0 Å². The summed E-state index contributed by atoms with van der Waals surface area (Å²) in [6, 6.07) is 3.32. The second kappa shape index (κ2) is 9.14. The molecule has 1 aromatic carbocycles. The first-order valence-corrected chi connectivity index (χ1v) is 8.79. The summed E-state index contributed by atoms with van der Waals surface area (Å²) in [4.78, 5) is 23.1. The molecule has 27 heavy (non-hydrogen) atoms. The fourth-order valence-corrected chi connectivity index (χ4v) is 2.10. The lowest BCUT2D eigenvalue weighted by molar-refractivity contribution is -0.144. The van der Waals surface area contributed by atoms with Crippen molar-refractivity contribution in [3.63, 3.8) is 0 Å². The number of aryl methyl sites for hydroxylation is 1. The van der Waals surface area contributed by atoms with Gasteiger partial charge >= 0.3 is 27.3 Å². The molecule has 0 saturated carbocycles. The molecule has 1 N–H and O–H groups in total. The van der Waals surface area contributed by atoms with E-state index in [4.69, 9.17) is 25.0 Å². The van der Waals surface area contributed by atoms with E-state index in [9.17, 15) is 26.8 Å². The summed E-state index contributed by atoms with van der Waals surface area (Å²) in [6.07, 6.45) is 1.37. The summed E-state index contributed by atoms with van der Waals surface area (Å²) in [5.74, 6) is -2.30. The number of benzene rings is 1. The topological polar surface area (TPSA) is 107 Å². The van der Waals surface area contributed by atoms with Gasteiger partial charge in [-0.25, -0.2) is 9.59 Å². The summed E-state index contributed by atoms with van der Waals surface area (Å²) >= 11 is 0. The van der Waals surface area contributed by atoms with Crippen molar-refractivity contribution >= 4 is 37.7 Å². The molecule has 4 radical (unpaired) electrons. The largest absolute Gasteiger partial charge is 0.455 e. The Labute approximate surface area is 157 Å². The molecule has 0 atom stereocenters. The Hall–Kier alpha value is -2.20. The molecule has 1 rings (SSSR count). The molecule has 0 spiro atoms. The Kier molecular flexibility index (Phi) is 7.73. The van der Waals surface area contributed by atoms with Gasteiger partial charge in [-0.1, -0.05) is 30.3 Å². The molecule has 0 fully saturated rings. The molecule has 0 aliphatic carbocycles. The summed E-state index contributed by atoms with van der Waals surface area (Å²) in [6.45, 7) is -0.267. The zero-order valence-corrected chi connectivity index (χ0v) is 15.0. The number of carbonyl (C=O) groups excluding carboxylic acids is 2. The molecule has 0 aromatic heterocycles. The van der Waals surface area contributed by atoms with E-state index in [1.54, 1.807) is 19.1 Å². The van der Waals surface area contributed by atoms with Gasteiger partial charge in [0.1, 0.15) is 5.75 Å². The van der Waals surface area contributed by atoms with E-state index < -0.39 is 33.9 Å². The number of hydrogen-bond acceptors (Lipinski definition) is 6. The van der Waals surface area contributed by atoms with Gasteiger partial charge in [-0.05, 0) is 18.1 Å². The lowest BCUT2D eigenvalue weighted by atomic mass is 9.89. The lowest BCUT2D eigenvalue weighted by Crippen LogP contribution is -2.34. The molecule has 0 amide bonds. The third-order valence-electron chi connectivity index (χ3n) is 3.18. The number of carbonyl (C=O) groups is 2. The van der Waals surface area contributed by atoms with Crippen LogP contribution in [0, 0.1) is 6.92 Å². The molecule has 0 bridgehead atoms. The molecule has 142 valence electrons. The number of alkyl halides is 2. The maximum Gasteiger partial charge on any atom is 0.402 e. The van der Waals surface area contributed by atoms with Crippen LogP contribution in [0.3, 0.4) is 0 Å². The van der Waals surface area contributed by atoms with E-state index in [1.807, 2.05) is 0 Å². The van der Waals surface area contributed by atoms with Gasteiger partial charge in [0.05, 0.1) is 15.7 Å². The molecule has 12 heteroatoms. The molecule has 0 saturated heterocycles. The average Bonchev–Trinajstić information content (AvgIpc) is 2.58. The highest BCUT2D eigenvalue weighted by Gasteiger charge is 2.45. The van der Waals surface area contributed by atoms with E-state index in [0.29, 0.717) is 23.3 Å². The highest BCUT2D eigenvalue weighted by Crippen LogP contribution is 2.26. The van der Waals surface area contributed by atoms with Crippen LogP contribution in [0.4, 0.5) is 8.78 Å². The van der Waals surface area contributed by atoms with E-state index in [-0.39, 0.29) is 18.4 Å². The monoisotopic (exact) mass is 398 g/mol. The SMILES string of the molecule is [B]Cc1cc(C)c(OC(=O)/C=C\C(=O)OCC(F)(F)S(=O)(=O)O)c(C[B])c1. The molecule has 7 nitrogen and oxygen atoms in total. The van der Waals surface area contributed by atoms with Crippen molar-refractivity contribution in [3.8, 4) is 5.75 Å². The van der Waals surface area contributed by atoms with Gasteiger partial charge in [0, 0.05) is 12.2 Å². The average molecular weight is 398 g/mol. The number of halogens is 2. The third kappa shape index (κ3) is 6.47. The first kappa shape index (κ1) is 22.8. The summed E-state index contributed by atoms with van der Waals surface area (Å²) in [5, 5.41) is -4.67. The fourth-order valence-electron chi connectivity index (χ4n) is 1.89. The summed E-state index contributed by atoms with van der Waals surface area (Å²) in [5.41, 5.74) is 1.83. The standard InChI is InChI=1S/C15H14B2F2O7S/c1-9-4-10(6-16)5-11(7-17)14(9)26-13(21)3-2-12(20)25-8-15(18,19)27(22,23)24/h2-5H,6-8H2,1H3,(H,22,23,24)/b3-2-. The minimum Gasteiger partial charge on any atom is -0.455 e. The highest BCUT2D eigenvalue weighted by molar-refractivity contribution is 7.86. The fraction of sp³-hybridized carbons (Fsp3) is 0.333. The first-order chi connectivity index (χ1) is 12.4. The zero-order chi connectivity index (χ0) is 20.8. The van der Waals surface area contributed by atoms with Crippen molar-refractivity contribution in [1.29, 1.82) is 0 Å². The number of esters is 2. The van der Waals surface area contributed by atoms with Crippen molar-refractivity contribution in [1.82, 2.24) is 0 Å². The Balaban J connectivity index is 2.76. The van der Waals surface area contributed by atoms with Crippen LogP contribution < -0.4 is 4.74 Å². The Morgan fingerprint density at radius 2 is 1.78 bits per heavy atom. The molecule has 0 unspecified atom stereocenters. The minimum atomic E-state index is -5.74. The predicted molar refractivity (Wildman–Crippen MR) is 92.3 cm³/mol. The van der Waals surface area contributed by atoms with Gasteiger partial charge in [-0.15, -0.1) is 0 Å². The van der Waals surface area contributed by atoms with E-state index in [0.717, 1.165) is 5.56 Å². The van der Waals surface area contributed by atoms with E-state index in [2.05, 4.69) is 4.74 Å². The number of hydrogen-bond donors (Lipinski definition) is 1. The minimum absolute atomic E-state index is 0.0494. The van der Waals surface area contributed by atoms with Gasteiger partial charge in [0.2, 0.25) is 0 Å². The second-order valence-electron chi connectivity index (χ2n) is 5.28. The zero-order valence-electron chi connectivity index (χ0n) is 14.1. The highest BCUT2D eigenvalue weighted by atomic mass is 32.2. The Morgan fingerprint density at radius 3 is 2.30 bits per heavy atom. The van der Waals surface area contributed by atoms with Crippen LogP contribution >= 0.6 is 0 Å². The van der Waals surface area contributed by atoms with Crippen LogP contribution in [0.5, 0.6) is 5.75 Å². The van der Waals surface area contributed by atoms with Gasteiger partial charge in [-0.3, -0.25) is 4.55 Å². The Morgan fingerprint density at radius 1 is 1.19 bits per heavy atom. The van der Waals surface area contributed by atoms with Gasteiger partial charge in [-0.2, -0.15) is 17.2 Å². The van der Waals surface area contributed by atoms with Crippen LogP contribution in [-0.4, -0.2) is 52.5 Å². The van der Waals surface area contributed by atoms with Gasteiger partial charge in [0.15, 0.2) is 6.61 Å². The summed E-state index contributed by atoms with van der Waals surface area (Å²) < 4.78 is 63.9. The van der Waals surface area contributed by atoms with Crippen LogP contribution in [0.1, 0.15) is 16.7 Å². The van der Waals surface area contributed by atoms with Crippen molar-refractivity contribution in [2.45, 2.75) is 24.8 Å². The first-order valence-electron chi connectivity index (χ1n) is 7.35. The molecular weight excluding hydrogens is 384 g/mol. The number of ether oxygens (including phenoxy) is 2. The van der Waals surface area contributed by atoms with Gasteiger partial charge in [0.25, 0.3) is 0 Å². The van der Waals surface area contributed by atoms with Crippen molar-refractivity contribution in [2.75, 3.05) is 6.61 Å². The van der Waals surface area contributed by atoms with Crippen LogP contribution in [0.25, 0.3) is 0 Å². The predicted octanol–water partition coefficient (Wildman–Crippen LogP) is 0.817. The molecule has 1 aromatic rings. The van der Waals surface area contributed by atoms with Crippen LogP contribution in [0.15, 0.2) is 24.3 Å². The maximum atomic E-state index is 12.9. The molecule has 0 heterocycles. The summed E-state index contributed by atoms with van der Waals surface area (Å²) in [7, 11) is 5.40. The van der Waals surface area contributed by atoms with Crippen LogP contribution in [-0.2, 0) is 37.1 Å². The smallest absolute Gasteiger partial charge is 0.402 e. The molecule has 0 aliphatic rings. The third-order valence-corrected chi connectivity index (χ3v) is 4.06. The van der Waals surface area contributed by atoms with Crippen molar-refractivity contribution in [2.24, 2.45) is 0 Å². The quantitative estimate of drug-likeness (QED) is 0.227. The molecular formula is C15H14B2F2O7S. The Bertz CT molecular complexity index is 854. The number of rotatable bonds is 8. The normalized spacial score (nSPS) is 12.1. The van der Waals surface area contributed by atoms with Crippen molar-refractivity contribution in [3.05, 3.63) is 41.0 Å². The maximum absolute atomic E-state index is 12.9. The van der Waals surface area contributed by atoms with Gasteiger partial charge < -0.3 is 9.47 Å². The second-order valence-corrected chi connectivity index (χ2v) is 6.83. The molecule has 0 aliphatic heterocycles. The lowest BCUT2D eigenvalue weighted by Gasteiger charge is -2.13. The van der Waals surface area contributed by atoms with Crippen LogP contribution in [0.2, 0.25) is 0 Å². The van der Waals surface area contributed by atoms with E-state index in [1.165, 1.54) is 0 Å².